The van der Waals surface area contributed by atoms with Gasteiger partial charge in [-0.3, -0.25) is 4.55 Å². The maximum Gasteiger partial charge on any atom is 0.397 e. The summed E-state index contributed by atoms with van der Waals surface area (Å²) in [6.07, 6.45) is 0. The summed E-state index contributed by atoms with van der Waals surface area (Å²) < 4.78 is 58.0. The minimum Gasteiger partial charge on any atom is -0.264 e. The van der Waals surface area contributed by atoms with E-state index in [0.717, 1.165) is 10.9 Å². The summed E-state index contributed by atoms with van der Waals surface area (Å²) >= 11 is 0. The molecule has 0 aliphatic carbocycles. The Bertz CT molecular complexity index is 869. The summed E-state index contributed by atoms with van der Waals surface area (Å²) in [6, 6.07) is 10.3. The average molecular weight is 330 g/mol. The van der Waals surface area contributed by atoms with Crippen LogP contribution >= 0.6 is 0 Å². The quantitative estimate of drug-likeness (QED) is 0.839. The summed E-state index contributed by atoms with van der Waals surface area (Å²) in [4.78, 5) is 0.114. The van der Waals surface area contributed by atoms with Gasteiger partial charge < -0.3 is 0 Å². The predicted molar refractivity (Wildman–Crippen MR) is 78.2 cm³/mol. The van der Waals surface area contributed by atoms with Crippen molar-refractivity contribution >= 4 is 31.0 Å². The highest BCUT2D eigenvalue weighted by Crippen LogP contribution is 2.25. The van der Waals surface area contributed by atoms with E-state index < -0.39 is 32.6 Å². The molecule has 0 fully saturated rings. The molecule has 0 aliphatic rings. The van der Waals surface area contributed by atoms with Gasteiger partial charge in [-0.1, -0.05) is 35.9 Å². The first kappa shape index (κ1) is 15.9. The molecule has 8 heteroatoms. The molecule has 114 valence electrons. The van der Waals surface area contributed by atoms with Crippen molar-refractivity contribution in [3.8, 4) is 0 Å². The topological polar surface area (TPSA) is 97.7 Å². The zero-order chi connectivity index (χ0) is 15.7. The molecule has 0 atom stereocenters. The lowest BCUT2D eigenvalue weighted by atomic mass is 10.1. The summed E-state index contributed by atoms with van der Waals surface area (Å²) in [7, 11) is -8.37. The van der Waals surface area contributed by atoms with Gasteiger partial charge in [0.25, 0.3) is 0 Å². The number of sulfone groups is 1. The van der Waals surface area contributed by atoms with E-state index in [4.69, 9.17) is 4.55 Å². The fraction of sp³-hybridized carbons (Fsp3) is 0.231. The van der Waals surface area contributed by atoms with E-state index in [1.165, 1.54) is 6.07 Å². The highest BCUT2D eigenvalue weighted by molar-refractivity contribution is 7.91. The lowest BCUT2D eigenvalue weighted by molar-refractivity contribution is 0.284. The van der Waals surface area contributed by atoms with Gasteiger partial charge >= 0.3 is 10.4 Å². The predicted octanol–water partition coefficient (Wildman–Crippen LogP) is 1.74. The Balaban J connectivity index is 2.38. The third-order valence-electron chi connectivity index (χ3n) is 2.92. The van der Waals surface area contributed by atoms with Gasteiger partial charge in [0.15, 0.2) is 9.84 Å². The molecular formula is C13H14O6S2. The Morgan fingerprint density at radius 2 is 1.81 bits per heavy atom. The standard InChI is InChI=1S/C13H14O6S2/c1-10-5-6-11-3-2-4-13(12(11)9-10)20(14,15)8-7-19-21(16,17)18/h2-6,9H,7-8H2,1H3,(H,16,17,18). The van der Waals surface area contributed by atoms with Crippen molar-refractivity contribution in [1.82, 2.24) is 0 Å². The van der Waals surface area contributed by atoms with Gasteiger partial charge in [-0.2, -0.15) is 8.42 Å². The molecule has 0 amide bonds. The fourth-order valence-corrected chi connectivity index (χ4v) is 3.71. The Kier molecular flexibility index (Phi) is 4.33. The molecule has 1 N–H and O–H groups in total. The molecule has 0 spiro atoms. The van der Waals surface area contributed by atoms with E-state index in [2.05, 4.69) is 4.18 Å². The highest BCUT2D eigenvalue weighted by Gasteiger charge is 2.19. The normalized spacial score (nSPS) is 12.7. The monoisotopic (exact) mass is 330 g/mol. The molecule has 2 rings (SSSR count). The van der Waals surface area contributed by atoms with Gasteiger partial charge in [-0.25, -0.2) is 12.6 Å². The van der Waals surface area contributed by atoms with Crippen LogP contribution in [0, 0.1) is 6.92 Å². The lowest BCUT2D eigenvalue weighted by Crippen LogP contribution is -2.15. The van der Waals surface area contributed by atoms with Crippen molar-refractivity contribution in [2.45, 2.75) is 11.8 Å². The molecule has 0 unspecified atom stereocenters. The van der Waals surface area contributed by atoms with E-state index in [9.17, 15) is 16.8 Å². The third-order valence-corrected chi connectivity index (χ3v) is 5.11. The molecule has 0 aliphatic heterocycles. The molecule has 2 aromatic carbocycles. The number of hydrogen-bond donors (Lipinski definition) is 1. The van der Waals surface area contributed by atoms with Gasteiger partial charge in [-0.15, -0.1) is 0 Å². The summed E-state index contributed by atoms with van der Waals surface area (Å²) in [5.74, 6) is -0.542. The maximum absolute atomic E-state index is 12.3. The minimum absolute atomic E-state index is 0.114. The molecule has 21 heavy (non-hydrogen) atoms. The molecule has 0 heterocycles. The maximum atomic E-state index is 12.3. The van der Waals surface area contributed by atoms with Crippen molar-refractivity contribution in [3.05, 3.63) is 42.0 Å². The van der Waals surface area contributed by atoms with Gasteiger partial charge in [-0.05, 0) is 18.4 Å². The first-order valence-electron chi connectivity index (χ1n) is 6.03. The van der Waals surface area contributed by atoms with Crippen LogP contribution in [0.25, 0.3) is 10.8 Å². The summed E-state index contributed by atoms with van der Waals surface area (Å²) in [5, 5.41) is 1.35. The van der Waals surface area contributed by atoms with Crippen molar-refractivity contribution < 1.29 is 25.6 Å². The van der Waals surface area contributed by atoms with Crippen molar-refractivity contribution in [3.63, 3.8) is 0 Å². The number of rotatable bonds is 5. The van der Waals surface area contributed by atoms with Crippen LogP contribution in [0.1, 0.15) is 5.56 Å². The number of fused-ring (bicyclic) bond motifs is 1. The number of benzene rings is 2. The second-order valence-corrected chi connectivity index (χ2v) is 7.72. The highest BCUT2D eigenvalue weighted by atomic mass is 32.3. The van der Waals surface area contributed by atoms with Crippen LogP contribution in [-0.4, -0.2) is 33.7 Å². The van der Waals surface area contributed by atoms with E-state index in [-0.39, 0.29) is 4.90 Å². The minimum atomic E-state index is -4.64. The summed E-state index contributed by atoms with van der Waals surface area (Å²) in [5.41, 5.74) is 0.916. The van der Waals surface area contributed by atoms with Crippen molar-refractivity contribution in [2.75, 3.05) is 12.4 Å². The Labute approximate surface area is 123 Å². The van der Waals surface area contributed by atoms with Gasteiger partial charge in [0.05, 0.1) is 17.3 Å². The molecule has 0 aromatic heterocycles. The first-order chi connectivity index (χ1) is 9.69. The molecule has 0 bridgehead atoms. The van der Waals surface area contributed by atoms with Crippen LogP contribution in [0.2, 0.25) is 0 Å². The largest absolute Gasteiger partial charge is 0.397 e. The van der Waals surface area contributed by atoms with E-state index in [1.54, 1.807) is 18.2 Å². The Hall–Kier alpha value is -1.48. The lowest BCUT2D eigenvalue weighted by Gasteiger charge is -2.08. The second kappa shape index (κ2) is 5.72. The summed E-state index contributed by atoms with van der Waals surface area (Å²) in [6.45, 7) is 1.22. The van der Waals surface area contributed by atoms with E-state index in [1.807, 2.05) is 19.1 Å². The molecule has 0 radical (unpaired) electrons. The van der Waals surface area contributed by atoms with Crippen LogP contribution in [0.4, 0.5) is 0 Å². The molecule has 6 nitrogen and oxygen atoms in total. The van der Waals surface area contributed by atoms with Gasteiger partial charge in [0.2, 0.25) is 0 Å². The van der Waals surface area contributed by atoms with Gasteiger partial charge in [0, 0.05) is 5.39 Å². The van der Waals surface area contributed by atoms with Crippen LogP contribution in [0.15, 0.2) is 41.3 Å². The number of hydrogen-bond acceptors (Lipinski definition) is 5. The zero-order valence-electron chi connectivity index (χ0n) is 11.2. The van der Waals surface area contributed by atoms with E-state index >= 15 is 0 Å². The SMILES string of the molecule is Cc1ccc2cccc(S(=O)(=O)CCOS(=O)(=O)O)c2c1. The average Bonchev–Trinajstić information content (AvgIpc) is 2.36. The van der Waals surface area contributed by atoms with E-state index in [0.29, 0.717) is 5.39 Å². The van der Waals surface area contributed by atoms with Crippen LogP contribution in [0.5, 0.6) is 0 Å². The third kappa shape index (κ3) is 4.01. The smallest absolute Gasteiger partial charge is 0.264 e. The Morgan fingerprint density at radius 1 is 1.10 bits per heavy atom. The zero-order valence-corrected chi connectivity index (χ0v) is 12.8. The molecule has 0 saturated carbocycles. The first-order valence-corrected chi connectivity index (χ1v) is 9.05. The number of aryl methyl sites for hydroxylation is 1. The Morgan fingerprint density at radius 3 is 2.48 bits per heavy atom. The van der Waals surface area contributed by atoms with Crippen LogP contribution in [-0.2, 0) is 24.4 Å². The van der Waals surface area contributed by atoms with Crippen molar-refractivity contribution in [2.24, 2.45) is 0 Å². The molecule has 2 aromatic rings. The van der Waals surface area contributed by atoms with Crippen LogP contribution < -0.4 is 0 Å². The molecule has 0 saturated heterocycles. The molecular weight excluding hydrogens is 316 g/mol. The second-order valence-electron chi connectivity index (χ2n) is 4.55. The van der Waals surface area contributed by atoms with Gasteiger partial charge in [0.1, 0.15) is 0 Å². The van der Waals surface area contributed by atoms with Crippen LogP contribution in [0.3, 0.4) is 0 Å². The van der Waals surface area contributed by atoms with Crippen molar-refractivity contribution in [1.29, 1.82) is 0 Å². The fourth-order valence-electron chi connectivity index (χ4n) is 1.99.